The molecule has 0 aliphatic heterocycles. The van der Waals surface area contributed by atoms with Gasteiger partial charge in [0.25, 0.3) is 0 Å². The van der Waals surface area contributed by atoms with Crippen LogP contribution >= 0.6 is 0 Å². The second kappa shape index (κ2) is 15.5. The highest BCUT2D eigenvalue weighted by Crippen LogP contribution is 2.42. The number of aliphatic imine (C=N–C) groups is 1. The third-order valence-corrected chi connectivity index (χ3v) is 6.14. The van der Waals surface area contributed by atoms with Gasteiger partial charge in [-0.15, -0.1) is 6.58 Å². The number of aromatic nitrogens is 1. The minimum absolute atomic E-state index is 0.143. The van der Waals surface area contributed by atoms with Crippen molar-refractivity contribution in [3.8, 4) is 6.07 Å². The van der Waals surface area contributed by atoms with Crippen molar-refractivity contribution in [2.24, 2.45) is 10.7 Å². The molecule has 4 nitrogen and oxygen atoms in total. The molecule has 0 radical (unpaired) electrons. The van der Waals surface area contributed by atoms with E-state index in [1.54, 1.807) is 6.92 Å². The highest BCUT2D eigenvalue weighted by Gasteiger charge is 2.37. The van der Waals surface area contributed by atoms with Crippen LogP contribution in [0.1, 0.15) is 97.5 Å². The number of nitriles is 1. The zero-order valence-electron chi connectivity index (χ0n) is 24.7. The summed E-state index contributed by atoms with van der Waals surface area (Å²) < 4.78 is 0. The second-order valence-electron chi connectivity index (χ2n) is 9.11. The molecule has 0 spiro atoms. The van der Waals surface area contributed by atoms with Crippen molar-refractivity contribution in [1.29, 1.82) is 5.26 Å². The fourth-order valence-electron chi connectivity index (χ4n) is 3.97. The molecule has 4 heteroatoms. The van der Waals surface area contributed by atoms with E-state index in [2.05, 4.69) is 68.4 Å². The number of nitrogens with one attached hydrogen (secondary N) is 1. The van der Waals surface area contributed by atoms with Crippen LogP contribution in [0.4, 0.5) is 0 Å². The maximum atomic E-state index is 9.47. The standard InChI is InChI=1S/C29H36N4.2C2H6/c1-9-20(4)16-22(10-2)24-17-27(32-18-24)29(8,33-21(5)31)26(11-3)23-12-14-25(15-13-23)28(6,7)19-30;2*1-2/h9-18,26,32H,2-3H2,1,4-8H3,(H2,31,33);2*1-2H3/b20-9-,22-16+;;. The van der Waals surface area contributed by atoms with E-state index in [9.17, 15) is 5.26 Å². The smallest absolute Gasteiger partial charge is 0.110 e. The van der Waals surface area contributed by atoms with Gasteiger partial charge in [-0.2, -0.15) is 5.26 Å². The van der Waals surface area contributed by atoms with E-state index >= 15 is 0 Å². The summed E-state index contributed by atoms with van der Waals surface area (Å²) in [6, 6.07) is 12.6. The van der Waals surface area contributed by atoms with Gasteiger partial charge < -0.3 is 10.7 Å². The number of allylic oxidation sites excluding steroid dienone is 5. The predicted octanol–water partition coefficient (Wildman–Crippen LogP) is 8.97. The molecule has 0 amide bonds. The Kier molecular flexibility index (Phi) is 14.0. The maximum absolute atomic E-state index is 9.47. The number of nitrogens with zero attached hydrogens (tertiary/aromatic N) is 2. The summed E-state index contributed by atoms with van der Waals surface area (Å²) >= 11 is 0. The lowest BCUT2D eigenvalue weighted by Crippen LogP contribution is -2.30. The summed E-state index contributed by atoms with van der Waals surface area (Å²) in [4.78, 5) is 8.30. The van der Waals surface area contributed by atoms with Crippen LogP contribution in [0.2, 0.25) is 0 Å². The van der Waals surface area contributed by atoms with E-state index < -0.39 is 11.0 Å². The average molecular weight is 501 g/mol. The lowest BCUT2D eigenvalue weighted by molar-refractivity contribution is 0.434. The van der Waals surface area contributed by atoms with Gasteiger partial charge in [-0.3, -0.25) is 4.99 Å². The molecule has 0 aliphatic rings. The molecule has 1 aromatic heterocycles. The number of benzene rings is 1. The van der Waals surface area contributed by atoms with Gasteiger partial charge in [0, 0.05) is 17.8 Å². The minimum atomic E-state index is -0.701. The van der Waals surface area contributed by atoms with Crippen LogP contribution in [-0.2, 0) is 11.0 Å². The van der Waals surface area contributed by atoms with Crippen LogP contribution in [0.5, 0.6) is 0 Å². The Labute approximate surface area is 226 Å². The van der Waals surface area contributed by atoms with Crippen molar-refractivity contribution in [2.45, 2.75) is 86.1 Å². The number of hydrogen-bond donors (Lipinski definition) is 2. The van der Waals surface area contributed by atoms with Gasteiger partial charge in [0.2, 0.25) is 0 Å². The van der Waals surface area contributed by atoms with E-state index in [1.807, 2.05) is 78.9 Å². The first-order valence-corrected chi connectivity index (χ1v) is 13.1. The van der Waals surface area contributed by atoms with E-state index in [-0.39, 0.29) is 5.92 Å². The maximum Gasteiger partial charge on any atom is 0.110 e. The number of nitrogens with two attached hydrogens (primary N) is 1. The Morgan fingerprint density at radius 2 is 1.65 bits per heavy atom. The summed E-state index contributed by atoms with van der Waals surface area (Å²) in [5.41, 5.74) is 11.0. The molecule has 2 rings (SSSR count). The van der Waals surface area contributed by atoms with E-state index in [4.69, 9.17) is 10.7 Å². The number of amidine groups is 1. The summed E-state index contributed by atoms with van der Waals surface area (Å²) in [5, 5.41) is 9.47. The molecule has 0 saturated carbocycles. The summed E-state index contributed by atoms with van der Waals surface area (Å²) in [6.07, 6.45) is 9.91. The Bertz CT molecular complexity index is 1130. The van der Waals surface area contributed by atoms with Crippen LogP contribution in [-0.4, -0.2) is 10.8 Å². The molecule has 2 aromatic rings. The number of hydrogen-bond acceptors (Lipinski definition) is 2. The average Bonchev–Trinajstić information content (AvgIpc) is 3.41. The molecular weight excluding hydrogens is 452 g/mol. The van der Waals surface area contributed by atoms with E-state index in [1.165, 1.54) is 0 Å². The minimum Gasteiger partial charge on any atom is -0.388 e. The molecule has 2 atom stereocenters. The topological polar surface area (TPSA) is 78.0 Å². The van der Waals surface area contributed by atoms with Gasteiger partial charge in [0.15, 0.2) is 0 Å². The highest BCUT2D eigenvalue weighted by molar-refractivity contribution is 5.79. The SMILES string of the molecule is C=C/C(=C\C(C)=C/C)c1c[nH]c(C(C)(N=C(C)N)C(C=C)c2ccc(C(C)(C)C#N)cc2)c1.CC.CC. The van der Waals surface area contributed by atoms with Crippen LogP contribution < -0.4 is 5.73 Å². The molecule has 200 valence electrons. The Morgan fingerprint density at radius 3 is 2.08 bits per heavy atom. The van der Waals surface area contributed by atoms with Gasteiger partial charge in [-0.05, 0) is 69.9 Å². The second-order valence-corrected chi connectivity index (χ2v) is 9.11. The Morgan fingerprint density at radius 1 is 1.08 bits per heavy atom. The first-order valence-electron chi connectivity index (χ1n) is 13.1. The van der Waals surface area contributed by atoms with Crippen molar-refractivity contribution in [3.63, 3.8) is 0 Å². The van der Waals surface area contributed by atoms with Gasteiger partial charge in [0.1, 0.15) is 5.54 Å². The lowest BCUT2D eigenvalue weighted by Gasteiger charge is -2.33. The van der Waals surface area contributed by atoms with Gasteiger partial charge in [-0.1, -0.05) is 88.4 Å². The molecule has 0 aliphatic carbocycles. The number of H-pyrrole nitrogens is 1. The Balaban J connectivity index is 0.00000308. The molecule has 2 unspecified atom stereocenters. The summed E-state index contributed by atoms with van der Waals surface area (Å²) in [5.74, 6) is 0.349. The first-order chi connectivity index (χ1) is 17.5. The normalized spacial score (nSPS) is 14.6. The quantitative estimate of drug-likeness (QED) is 0.156. The molecule has 1 aromatic carbocycles. The van der Waals surface area contributed by atoms with Crippen molar-refractivity contribution in [3.05, 3.63) is 102 Å². The van der Waals surface area contributed by atoms with Crippen molar-refractivity contribution >= 4 is 11.4 Å². The first kappa shape index (κ1) is 33.4. The molecule has 1 heterocycles. The molecule has 0 fully saturated rings. The van der Waals surface area contributed by atoms with Crippen LogP contribution in [0, 0.1) is 11.3 Å². The van der Waals surface area contributed by atoms with Gasteiger partial charge in [0.05, 0.1) is 17.3 Å². The zero-order chi connectivity index (χ0) is 28.8. The van der Waals surface area contributed by atoms with Crippen molar-refractivity contribution in [2.75, 3.05) is 0 Å². The lowest BCUT2D eigenvalue weighted by atomic mass is 9.77. The van der Waals surface area contributed by atoms with E-state index in [0.29, 0.717) is 5.84 Å². The Hall–Kier alpha value is -3.58. The molecule has 0 saturated heterocycles. The third-order valence-electron chi connectivity index (χ3n) is 6.14. The number of aromatic amines is 1. The summed E-state index contributed by atoms with van der Waals surface area (Å²) in [6.45, 7) is 27.9. The molecule has 3 N–H and O–H groups in total. The van der Waals surface area contributed by atoms with Gasteiger partial charge in [-0.25, -0.2) is 0 Å². The fourth-order valence-corrected chi connectivity index (χ4v) is 3.97. The van der Waals surface area contributed by atoms with Crippen LogP contribution in [0.25, 0.3) is 5.57 Å². The molecule has 37 heavy (non-hydrogen) atoms. The van der Waals surface area contributed by atoms with E-state index in [0.717, 1.165) is 33.5 Å². The van der Waals surface area contributed by atoms with Gasteiger partial charge >= 0.3 is 0 Å². The van der Waals surface area contributed by atoms with Crippen molar-refractivity contribution < 1.29 is 0 Å². The largest absolute Gasteiger partial charge is 0.388 e. The fraction of sp³-hybridized carbons (Fsp3) is 0.394. The third kappa shape index (κ3) is 8.50. The monoisotopic (exact) mass is 500 g/mol. The van der Waals surface area contributed by atoms with Crippen LogP contribution in [0.3, 0.4) is 0 Å². The highest BCUT2D eigenvalue weighted by atomic mass is 15.0. The molecule has 0 bridgehead atoms. The number of rotatable bonds is 9. The van der Waals surface area contributed by atoms with Crippen molar-refractivity contribution in [1.82, 2.24) is 4.98 Å². The summed E-state index contributed by atoms with van der Waals surface area (Å²) in [7, 11) is 0. The van der Waals surface area contributed by atoms with Crippen LogP contribution in [0.15, 0.2) is 84.6 Å². The molecular formula is C33H48N4. The zero-order valence-corrected chi connectivity index (χ0v) is 24.7. The predicted molar refractivity (Wildman–Crippen MR) is 164 cm³/mol.